The largest absolute Gasteiger partial charge is 0.497 e. The van der Waals surface area contributed by atoms with Crippen LogP contribution < -0.4 is 4.74 Å². The van der Waals surface area contributed by atoms with E-state index in [0.717, 1.165) is 24.0 Å². The Bertz CT molecular complexity index is 639. The Hall–Kier alpha value is -1.02. The second-order valence-corrected chi connectivity index (χ2v) is 8.50. The first-order valence-electron chi connectivity index (χ1n) is 8.96. The van der Waals surface area contributed by atoms with Crippen LogP contribution >= 0.6 is 0 Å². The van der Waals surface area contributed by atoms with Gasteiger partial charge in [-0.25, -0.2) is 0 Å². The predicted molar refractivity (Wildman–Crippen MR) is 86.1 cm³/mol. The second-order valence-electron chi connectivity index (χ2n) is 8.50. The molecule has 6 atom stereocenters. The van der Waals surface area contributed by atoms with E-state index in [0.29, 0.717) is 11.8 Å². The van der Waals surface area contributed by atoms with Gasteiger partial charge < -0.3 is 9.84 Å². The van der Waals surface area contributed by atoms with E-state index < -0.39 is 0 Å². The normalized spacial score (nSPS) is 48.0. The monoisotopic (exact) mass is 298 g/mol. The molecular formula is C20H26O2. The average molecular weight is 298 g/mol. The van der Waals surface area contributed by atoms with Crippen LogP contribution in [0.1, 0.15) is 56.1 Å². The molecule has 0 saturated heterocycles. The molecule has 0 amide bonds. The van der Waals surface area contributed by atoms with Crippen molar-refractivity contribution >= 4 is 0 Å². The third kappa shape index (κ3) is 1.45. The SMILES string of the molecule is COc1ccc2c(c1)CC[C@@H]1[C@@H]2CC[C@@]2(C)[C@H]1C[C@H]1C[C@]12O. The van der Waals surface area contributed by atoms with Gasteiger partial charge in [0.15, 0.2) is 0 Å². The molecule has 0 radical (unpaired) electrons. The van der Waals surface area contributed by atoms with Crippen molar-refractivity contribution in [1.82, 2.24) is 0 Å². The minimum Gasteiger partial charge on any atom is -0.497 e. The van der Waals surface area contributed by atoms with Crippen molar-refractivity contribution in [3.8, 4) is 5.75 Å². The summed E-state index contributed by atoms with van der Waals surface area (Å²) in [7, 11) is 1.75. The number of methoxy groups -OCH3 is 1. The molecular weight excluding hydrogens is 272 g/mol. The van der Waals surface area contributed by atoms with Crippen molar-refractivity contribution in [2.75, 3.05) is 7.11 Å². The van der Waals surface area contributed by atoms with Gasteiger partial charge in [-0.1, -0.05) is 13.0 Å². The van der Waals surface area contributed by atoms with E-state index in [1.807, 2.05) is 0 Å². The van der Waals surface area contributed by atoms with E-state index in [1.54, 1.807) is 12.7 Å². The fourth-order valence-electron chi connectivity index (χ4n) is 6.58. The lowest BCUT2D eigenvalue weighted by molar-refractivity contribution is -0.0581. The highest BCUT2D eigenvalue weighted by Gasteiger charge is 2.73. The number of hydrogen-bond donors (Lipinski definition) is 1. The molecule has 118 valence electrons. The second kappa shape index (κ2) is 4.08. The van der Waals surface area contributed by atoms with Crippen LogP contribution in [0.15, 0.2) is 18.2 Å². The van der Waals surface area contributed by atoms with Crippen LogP contribution in [0.5, 0.6) is 5.75 Å². The highest BCUT2D eigenvalue weighted by molar-refractivity contribution is 5.41. The molecule has 0 spiro atoms. The summed E-state index contributed by atoms with van der Waals surface area (Å²) in [5, 5.41) is 11.0. The van der Waals surface area contributed by atoms with Gasteiger partial charge in [0.1, 0.15) is 5.75 Å². The van der Waals surface area contributed by atoms with E-state index in [-0.39, 0.29) is 11.0 Å². The van der Waals surface area contributed by atoms with Crippen molar-refractivity contribution in [3.05, 3.63) is 29.3 Å². The lowest BCUT2D eigenvalue weighted by atomic mass is 9.54. The molecule has 1 aromatic carbocycles. The number of hydrogen-bond acceptors (Lipinski definition) is 2. The molecule has 4 aliphatic carbocycles. The van der Waals surface area contributed by atoms with Gasteiger partial charge in [-0.3, -0.25) is 0 Å². The molecule has 5 rings (SSSR count). The number of rotatable bonds is 1. The van der Waals surface area contributed by atoms with Gasteiger partial charge >= 0.3 is 0 Å². The Morgan fingerprint density at radius 1 is 1.27 bits per heavy atom. The summed E-state index contributed by atoms with van der Waals surface area (Å²) in [4.78, 5) is 0. The molecule has 1 aromatic rings. The van der Waals surface area contributed by atoms with Crippen molar-refractivity contribution in [2.45, 2.75) is 57.0 Å². The summed E-state index contributed by atoms with van der Waals surface area (Å²) in [6, 6.07) is 6.70. The maximum Gasteiger partial charge on any atom is 0.119 e. The van der Waals surface area contributed by atoms with Crippen LogP contribution in [0.2, 0.25) is 0 Å². The van der Waals surface area contributed by atoms with Gasteiger partial charge in [-0.15, -0.1) is 0 Å². The van der Waals surface area contributed by atoms with E-state index in [2.05, 4.69) is 25.1 Å². The van der Waals surface area contributed by atoms with Crippen molar-refractivity contribution < 1.29 is 9.84 Å². The number of aryl methyl sites for hydroxylation is 1. The molecule has 2 nitrogen and oxygen atoms in total. The first-order valence-corrected chi connectivity index (χ1v) is 8.96. The summed E-state index contributed by atoms with van der Waals surface area (Å²) >= 11 is 0. The molecule has 0 aliphatic heterocycles. The van der Waals surface area contributed by atoms with Gasteiger partial charge in [0.2, 0.25) is 0 Å². The quantitative estimate of drug-likeness (QED) is 0.851. The number of ether oxygens (including phenoxy) is 1. The Balaban J connectivity index is 1.51. The van der Waals surface area contributed by atoms with Crippen LogP contribution in [0.3, 0.4) is 0 Å². The van der Waals surface area contributed by atoms with Gasteiger partial charge in [0, 0.05) is 0 Å². The summed E-state index contributed by atoms with van der Waals surface area (Å²) in [6.45, 7) is 2.39. The van der Waals surface area contributed by atoms with Crippen LogP contribution in [-0.4, -0.2) is 17.8 Å². The summed E-state index contributed by atoms with van der Waals surface area (Å²) < 4.78 is 5.40. The summed E-state index contributed by atoms with van der Waals surface area (Å²) in [5.74, 6) is 3.85. The smallest absolute Gasteiger partial charge is 0.119 e. The number of aliphatic hydroxyl groups is 1. The minimum atomic E-state index is -0.303. The molecule has 1 N–H and O–H groups in total. The third-order valence-electron chi connectivity index (χ3n) is 7.92. The zero-order chi connectivity index (χ0) is 15.1. The van der Waals surface area contributed by atoms with E-state index >= 15 is 0 Å². The highest BCUT2D eigenvalue weighted by atomic mass is 16.5. The molecule has 22 heavy (non-hydrogen) atoms. The summed E-state index contributed by atoms with van der Waals surface area (Å²) in [5.41, 5.74) is 2.98. The van der Waals surface area contributed by atoms with Gasteiger partial charge in [-0.05, 0) is 90.9 Å². The maximum absolute atomic E-state index is 11.0. The predicted octanol–water partition coefficient (Wildman–Crippen LogP) is 3.91. The molecule has 0 bridgehead atoms. The fourth-order valence-corrected chi connectivity index (χ4v) is 6.58. The number of fused-ring (bicyclic) bond motifs is 7. The topological polar surface area (TPSA) is 29.5 Å². The van der Waals surface area contributed by atoms with E-state index in [4.69, 9.17) is 4.74 Å². The average Bonchev–Trinajstić information content (AvgIpc) is 3.15. The molecule has 2 heteroatoms. The molecule has 3 fully saturated rings. The van der Waals surface area contributed by atoms with Crippen LogP contribution in [0.4, 0.5) is 0 Å². The molecule has 4 aliphatic rings. The first-order chi connectivity index (χ1) is 10.6. The lowest BCUT2D eigenvalue weighted by Crippen LogP contribution is -2.46. The van der Waals surface area contributed by atoms with Crippen molar-refractivity contribution in [1.29, 1.82) is 0 Å². The van der Waals surface area contributed by atoms with Crippen LogP contribution in [0.25, 0.3) is 0 Å². The molecule has 0 aromatic heterocycles. The zero-order valence-electron chi connectivity index (χ0n) is 13.6. The van der Waals surface area contributed by atoms with Gasteiger partial charge in [0.25, 0.3) is 0 Å². The fraction of sp³-hybridized carbons (Fsp3) is 0.700. The van der Waals surface area contributed by atoms with Crippen LogP contribution in [-0.2, 0) is 6.42 Å². The van der Waals surface area contributed by atoms with E-state index in [9.17, 15) is 5.11 Å². The van der Waals surface area contributed by atoms with E-state index in [1.165, 1.54) is 37.7 Å². The standard InChI is InChI=1S/C20H26O2/c1-19-8-7-16-15-6-4-14(22-2)9-12(15)3-5-17(16)18(19)10-13-11-20(13,19)21/h4,6,9,13,16-18,21H,3,5,7-8,10-11H2,1-2H3/t13-,16+,17+,18-,19-,20-/m0/s1. The minimum absolute atomic E-state index is 0.197. The molecule has 0 unspecified atom stereocenters. The van der Waals surface area contributed by atoms with Crippen LogP contribution in [0, 0.1) is 23.2 Å². The Kier molecular flexibility index (Phi) is 2.49. The summed E-state index contributed by atoms with van der Waals surface area (Å²) in [6.07, 6.45) is 7.30. The maximum atomic E-state index is 11.0. The molecule has 0 heterocycles. The van der Waals surface area contributed by atoms with Gasteiger partial charge in [-0.2, -0.15) is 0 Å². The van der Waals surface area contributed by atoms with Crippen molar-refractivity contribution in [2.24, 2.45) is 23.2 Å². The first kappa shape index (κ1) is 13.4. The Morgan fingerprint density at radius 3 is 2.95 bits per heavy atom. The highest BCUT2D eigenvalue weighted by Crippen LogP contribution is 2.74. The Morgan fingerprint density at radius 2 is 2.14 bits per heavy atom. The zero-order valence-corrected chi connectivity index (χ0v) is 13.6. The lowest BCUT2D eigenvalue weighted by Gasteiger charge is -2.51. The van der Waals surface area contributed by atoms with Crippen molar-refractivity contribution in [3.63, 3.8) is 0 Å². The number of benzene rings is 1. The molecule has 3 saturated carbocycles. The third-order valence-corrected chi connectivity index (χ3v) is 7.92. The van der Waals surface area contributed by atoms with Gasteiger partial charge in [0.05, 0.1) is 12.7 Å². The Labute approximate surface area is 132 Å².